The van der Waals surface area contributed by atoms with E-state index in [1.54, 1.807) is 36.4 Å². The van der Waals surface area contributed by atoms with Gasteiger partial charge in [-0.15, -0.1) is 11.3 Å². The van der Waals surface area contributed by atoms with Crippen LogP contribution in [0.25, 0.3) is 10.2 Å². The number of ketones is 1. The molecule has 2 aromatic carbocycles. The molecule has 0 saturated carbocycles. The SMILES string of the molecule is CC(C)Cc1ccc2c(N)c(C(=O)Nc3ccc(C(=O)c4ccccc4)cc3)sc2n1. The number of amides is 1. The number of thiophene rings is 1. The van der Waals surface area contributed by atoms with E-state index in [0.29, 0.717) is 33.3 Å². The topological polar surface area (TPSA) is 85.1 Å². The molecule has 0 unspecified atom stereocenters. The van der Waals surface area contributed by atoms with Gasteiger partial charge in [0, 0.05) is 27.9 Å². The van der Waals surface area contributed by atoms with Crippen LogP contribution < -0.4 is 11.1 Å². The van der Waals surface area contributed by atoms with Gasteiger partial charge in [-0.05, 0) is 48.7 Å². The first-order chi connectivity index (χ1) is 14.9. The number of hydrogen-bond acceptors (Lipinski definition) is 5. The number of rotatable bonds is 6. The van der Waals surface area contributed by atoms with Crippen molar-refractivity contribution in [2.24, 2.45) is 5.92 Å². The van der Waals surface area contributed by atoms with Gasteiger partial charge in [-0.3, -0.25) is 9.59 Å². The lowest BCUT2D eigenvalue weighted by Crippen LogP contribution is -2.12. The Labute approximate surface area is 184 Å². The van der Waals surface area contributed by atoms with Crippen molar-refractivity contribution >= 4 is 44.6 Å². The molecule has 0 aliphatic heterocycles. The standard InChI is InChI=1S/C25H23N3O2S/c1-15(2)14-19-12-13-20-21(26)23(31-25(20)28-19)24(30)27-18-10-8-17(9-11-18)22(29)16-6-4-3-5-7-16/h3-13,15H,14,26H2,1-2H3,(H,27,30). The molecular formula is C25H23N3O2S. The number of anilines is 2. The number of benzene rings is 2. The van der Waals surface area contributed by atoms with Gasteiger partial charge >= 0.3 is 0 Å². The van der Waals surface area contributed by atoms with E-state index in [9.17, 15) is 9.59 Å². The van der Waals surface area contributed by atoms with Gasteiger partial charge in [0.1, 0.15) is 9.71 Å². The average Bonchev–Trinajstić information content (AvgIpc) is 3.10. The van der Waals surface area contributed by atoms with Gasteiger partial charge in [0.05, 0.1) is 5.69 Å². The Morgan fingerprint density at radius 1 is 0.968 bits per heavy atom. The maximum Gasteiger partial charge on any atom is 0.267 e. The number of nitrogen functional groups attached to an aromatic ring is 1. The summed E-state index contributed by atoms with van der Waals surface area (Å²) in [5, 5.41) is 3.66. The van der Waals surface area contributed by atoms with E-state index in [0.717, 1.165) is 22.3 Å². The first-order valence-corrected chi connectivity index (χ1v) is 10.9. The summed E-state index contributed by atoms with van der Waals surface area (Å²) >= 11 is 1.30. The lowest BCUT2D eigenvalue weighted by Gasteiger charge is -2.06. The first kappa shape index (κ1) is 20.8. The number of carbonyl (C=O) groups excluding carboxylic acids is 2. The number of pyridine rings is 1. The fourth-order valence-corrected chi connectivity index (χ4v) is 4.39. The van der Waals surface area contributed by atoms with Crippen molar-refractivity contribution in [3.05, 3.63) is 88.4 Å². The van der Waals surface area contributed by atoms with Gasteiger partial charge in [-0.25, -0.2) is 4.98 Å². The van der Waals surface area contributed by atoms with Crippen molar-refractivity contribution in [1.29, 1.82) is 0 Å². The van der Waals surface area contributed by atoms with Crippen LogP contribution in [0.5, 0.6) is 0 Å². The van der Waals surface area contributed by atoms with E-state index in [1.165, 1.54) is 11.3 Å². The molecule has 0 bridgehead atoms. The summed E-state index contributed by atoms with van der Waals surface area (Å²) in [5.41, 5.74) is 9.46. The summed E-state index contributed by atoms with van der Waals surface area (Å²) in [6, 6.07) is 19.9. The zero-order chi connectivity index (χ0) is 22.0. The smallest absolute Gasteiger partial charge is 0.267 e. The zero-order valence-electron chi connectivity index (χ0n) is 17.4. The summed E-state index contributed by atoms with van der Waals surface area (Å²) in [4.78, 5) is 31.2. The Morgan fingerprint density at radius 3 is 2.32 bits per heavy atom. The van der Waals surface area contributed by atoms with Crippen LogP contribution in [0.1, 0.15) is 45.1 Å². The third-order valence-electron chi connectivity index (χ3n) is 4.92. The molecular weight excluding hydrogens is 406 g/mol. The number of nitrogens with two attached hydrogens (primary N) is 1. The predicted molar refractivity (Wildman–Crippen MR) is 127 cm³/mol. The minimum Gasteiger partial charge on any atom is -0.397 e. The molecule has 4 aromatic rings. The van der Waals surface area contributed by atoms with Gasteiger partial charge in [-0.1, -0.05) is 44.2 Å². The maximum absolute atomic E-state index is 12.8. The van der Waals surface area contributed by atoms with Crippen LogP contribution in [-0.4, -0.2) is 16.7 Å². The van der Waals surface area contributed by atoms with E-state index >= 15 is 0 Å². The van der Waals surface area contributed by atoms with Crippen LogP contribution in [0, 0.1) is 5.92 Å². The maximum atomic E-state index is 12.8. The van der Waals surface area contributed by atoms with E-state index < -0.39 is 0 Å². The molecule has 0 spiro atoms. The highest BCUT2D eigenvalue weighted by Gasteiger charge is 2.18. The lowest BCUT2D eigenvalue weighted by atomic mass is 10.0. The highest BCUT2D eigenvalue weighted by atomic mass is 32.1. The van der Waals surface area contributed by atoms with Gasteiger partial charge in [-0.2, -0.15) is 0 Å². The molecule has 1 amide bonds. The van der Waals surface area contributed by atoms with E-state index in [4.69, 9.17) is 5.73 Å². The normalized spacial score (nSPS) is 11.1. The van der Waals surface area contributed by atoms with Crippen molar-refractivity contribution < 1.29 is 9.59 Å². The number of nitrogens with one attached hydrogen (secondary N) is 1. The van der Waals surface area contributed by atoms with Crippen LogP contribution in [0.4, 0.5) is 11.4 Å². The number of nitrogens with zero attached hydrogens (tertiary/aromatic N) is 1. The molecule has 0 aliphatic carbocycles. The average molecular weight is 430 g/mol. The predicted octanol–water partition coefficient (Wildman–Crippen LogP) is 5.56. The molecule has 0 atom stereocenters. The molecule has 0 saturated heterocycles. The van der Waals surface area contributed by atoms with Gasteiger partial charge < -0.3 is 11.1 Å². The van der Waals surface area contributed by atoms with Crippen molar-refractivity contribution in [3.63, 3.8) is 0 Å². The quantitative estimate of drug-likeness (QED) is 0.393. The van der Waals surface area contributed by atoms with Gasteiger partial charge in [0.15, 0.2) is 5.78 Å². The van der Waals surface area contributed by atoms with E-state index in [2.05, 4.69) is 24.1 Å². The second-order valence-corrected chi connectivity index (χ2v) is 8.82. The third kappa shape index (κ3) is 4.49. The fourth-order valence-electron chi connectivity index (χ4n) is 3.39. The van der Waals surface area contributed by atoms with Crippen molar-refractivity contribution in [2.45, 2.75) is 20.3 Å². The molecule has 0 aliphatic rings. The number of aromatic nitrogens is 1. The van der Waals surface area contributed by atoms with Crippen LogP contribution in [0.2, 0.25) is 0 Å². The van der Waals surface area contributed by atoms with Crippen LogP contribution >= 0.6 is 11.3 Å². The molecule has 3 N–H and O–H groups in total. The summed E-state index contributed by atoms with van der Waals surface area (Å²) < 4.78 is 0. The minimum absolute atomic E-state index is 0.0597. The summed E-state index contributed by atoms with van der Waals surface area (Å²) in [7, 11) is 0. The van der Waals surface area contributed by atoms with Crippen molar-refractivity contribution in [1.82, 2.24) is 4.98 Å². The highest BCUT2D eigenvalue weighted by Crippen LogP contribution is 2.33. The Balaban J connectivity index is 1.52. The number of fused-ring (bicyclic) bond motifs is 1. The molecule has 5 nitrogen and oxygen atoms in total. The highest BCUT2D eigenvalue weighted by molar-refractivity contribution is 7.21. The Bertz CT molecular complexity index is 1250. The Kier molecular flexibility index (Phi) is 5.82. The van der Waals surface area contributed by atoms with Gasteiger partial charge in [0.2, 0.25) is 0 Å². The number of carbonyl (C=O) groups is 2. The third-order valence-corrected chi connectivity index (χ3v) is 6.03. The van der Waals surface area contributed by atoms with Crippen molar-refractivity contribution in [3.8, 4) is 0 Å². The monoisotopic (exact) mass is 429 g/mol. The molecule has 31 heavy (non-hydrogen) atoms. The van der Waals surface area contributed by atoms with Gasteiger partial charge in [0.25, 0.3) is 5.91 Å². The molecule has 2 heterocycles. The minimum atomic E-state index is -0.284. The zero-order valence-corrected chi connectivity index (χ0v) is 18.2. The second-order valence-electron chi connectivity index (χ2n) is 7.82. The van der Waals surface area contributed by atoms with E-state index in [1.807, 2.05) is 30.3 Å². The number of hydrogen-bond donors (Lipinski definition) is 2. The Hall–Kier alpha value is -3.51. The van der Waals surface area contributed by atoms with Crippen LogP contribution in [0.3, 0.4) is 0 Å². The first-order valence-electron chi connectivity index (χ1n) is 10.1. The molecule has 0 fully saturated rings. The molecule has 6 heteroatoms. The fraction of sp³-hybridized carbons (Fsp3) is 0.160. The van der Waals surface area contributed by atoms with E-state index in [-0.39, 0.29) is 11.7 Å². The Morgan fingerprint density at radius 2 is 1.65 bits per heavy atom. The molecule has 0 radical (unpaired) electrons. The summed E-state index contributed by atoms with van der Waals surface area (Å²) in [5.74, 6) is 0.158. The summed E-state index contributed by atoms with van der Waals surface area (Å²) in [6.45, 7) is 4.29. The molecule has 156 valence electrons. The van der Waals surface area contributed by atoms with Crippen LogP contribution in [0.15, 0.2) is 66.7 Å². The molecule has 2 aromatic heterocycles. The second kappa shape index (κ2) is 8.70. The lowest BCUT2D eigenvalue weighted by molar-refractivity contribution is 0.102. The molecule has 4 rings (SSSR count). The van der Waals surface area contributed by atoms with Crippen molar-refractivity contribution in [2.75, 3.05) is 11.1 Å². The van der Waals surface area contributed by atoms with Crippen LogP contribution in [-0.2, 0) is 6.42 Å². The summed E-state index contributed by atoms with van der Waals surface area (Å²) in [6.07, 6.45) is 0.878. The largest absolute Gasteiger partial charge is 0.397 e.